The van der Waals surface area contributed by atoms with Crippen LogP contribution in [0.2, 0.25) is 0 Å². The molecule has 4 aromatic rings. The van der Waals surface area contributed by atoms with Gasteiger partial charge in [0, 0.05) is 30.4 Å². The van der Waals surface area contributed by atoms with Crippen LogP contribution in [0.1, 0.15) is 34.8 Å². The first kappa shape index (κ1) is 21.6. The van der Waals surface area contributed by atoms with Crippen LogP contribution in [-0.4, -0.2) is 24.8 Å². The molecule has 0 radical (unpaired) electrons. The van der Waals surface area contributed by atoms with Gasteiger partial charge in [-0.3, -0.25) is 24.1 Å². The molecule has 0 saturated heterocycles. The van der Waals surface area contributed by atoms with Crippen LogP contribution in [0.4, 0.5) is 5.69 Å². The average molecular weight is 442 g/mol. The molecular formula is C23H18N6O4. The summed E-state index contributed by atoms with van der Waals surface area (Å²) in [5.74, 6) is -0.667. The average Bonchev–Trinajstić information content (AvgIpc) is 2.81. The Kier molecular flexibility index (Phi) is 5.54. The predicted octanol–water partition coefficient (Wildman–Crippen LogP) is 2.89. The van der Waals surface area contributed by atoms with Gasteiger partial charge in [-0.25, -0.2) is 4.98 Å². The number of aromatic nitrogens is 3. The van der Waals surface area contributed by atoms with Gasteiger partial charge in [0.25, 0.3) is 17.2 Å². The van der Waals surface area contributed by atoms with Crippen molar-refractivity contribution in [1.29, 1.82) is 5.26 Å². The second kappa shape index (κ2) is 8.47. The number of nitro groups is 1. The third kappa shape index (κ3) is 3.76. The minimum Gasteiger partial charge on any atom is -0.309 e. The van der Waals surface area contributed by atoms with Crippen molar-refractivity contribution in [3.05, 3.63) is 91.3 Å². The first-order chi connectivity index (χ1) is 15.8. The molecule has 3 aromatic heterocycles. The number of amides is 1. The van der Waals surface area contributed by atoms with E-state index in [9.17, 15) is 25.0 Å². The number of non-ortho nitro benzene ring substituents is 1. The number of nitro benzene ring substituents is 1. The number of pyridine rings is 2. The highest BCUT2D eigenvalue weighted by Gasteiger charge is 2.16. The highest BCUT2D eigenvalue weighted by Crippen LogP contribution is 2.15. The summed E-state index contributed by atoms with van der Waals surface area (Å²) in [5, 5.41) is 20.9. The summed E-state index contributed by atoms with van der Waals surface area (Å²) in [6.45, 7) is 4.12. The molecule has 0 aliphatic carbocycles. The first-order valence-electron chi connectivity index (χ1n) is 10.1. The highest BCUT2D eigenvalue weighted by molar-refractivity contribution is 5.95. The number of nitriles is 1. The first-order valence-corrected chi connectivity index (χ1v) is 10.1. The van der Waals surface area contributed by atoms with Crippen molar-refractivity contribution in [1.82, 2.24) is 14.0 Å². The molecule has 33 heavy (non-hydrogen) atoms. The van der Waals surface area contributed by atoms with Gasteiger partial charge >= 0.3 is 0 Å². The molecule has 0 aliphatic rings. The molecular weight excluding hydrogens is 424 g/mol. The second-order valence-electron chi connectivity index (χ2n) is 7.41. The Bertz CT molecular complexity index is 1610. The maximum absolute atomic E-state index is 13.2. The standard InChI is InChI=1S/C23H18N6O4/c1-3-10-27-20(26-22(30)15-6-8-17(9-7-15)29(32)33)16(13-24)12-18-21(27)25-19-14(2)5-4-11-28(19)23(18)31/h4-9,11-12H,3,10H2,1-2H3. The molecule has 4 rings (SSSR count). The molecule has 0 atom stereocenters. The summed E-state index contributed by atoms with van der Waals surface area (Å²) in [6, 6.07) is 12.0. The number of aryl methyl sites for hydroxylation is 2. The van der Waals surface area contributed by atoms with Crippen molar-refractivity contribution >= 4 is 28.3 Å². The molecule has 3 heterocycles. The normalized spacial score (nSPS) is 11.6. The fraction of sp³-hybridized carbons (Fsp3) is 0.174. The van der Waals surface area contributed by atoms with Crippen LogP contribution >= 0.6 is 0 Å². The van der Waals surface area contributed by atoms with Gasteiger partial charge < -0.3 is 4.57 Å². The summed E-state index contributed by atoms with van der Waals surface area (Å²) in [5.41, 5.74) is 1.39. The Labute approximate surface area is 186 Å². The SMILES string of the molecule is CCCn1c(=NC(=O)c2ccc([N+](=O)[O-])cc2)c(C#N)cc2c(=O)n3cccc(C)c3nc21. The molecule has 1 amide bonds. The van der Waals surface area contributed by atoms with Gasteiger partial charge in [-0.2, -0.15) is 10.3 Å². The molecule has 10 heteroatoms. The van der Waals surface area contributed by atoms with Crippen LogP contribution in [-0.2, 0) is 6.54 Å². The van der Waals surface area contributed by atoms with E-state index in [4.69, 9.17) is 0 Å². The van der Waals surface area contributed by atoms with E-state index in [2.05, 4.69) is 9.98 Å². The highest BCUT2D eigenvalue weighted by atomic mass is 16.6. The van der Waals surface area contributed by atoms with Crippen LogP contribution in [0.5, 0.6) is 0 Å². The maximum atomic E-state index is 13.2. The van der Waals surface area contributed by atoms with Gasteiger partial charge in [0.05, 0.1) is 15.9 Å². The van der Waals surface area contributed by atoms with Crippen LogP contribution < -0.4 is 11.0 Å². The molecule has 0 N–H and O–H groups in total. The molecule has 0 spiro atoms. The Morgan fingerprint density at radius 2 is 1.97 bits per heavy atom. The summed E-state index contributed by atoms with van der Waals surface area (Å²) >= 11 is 0. The van der Waals surface area contributed by atoms with Crippen molar-refractivity contribution < 1.29 is 9.72 Å². The third-order valence-electron chi connectivity index (χ3n) is 5.21. The third-order valence-corrected chi connectivity index (χ3v) is 5.21. The Balaban J connectivity index is 2.03. The number of benzene rings is 1. The lowest BCUT2D eigenvalue weighted by Crippen LogP contribution is -2.29. The lowest BCUT2D eigenvalue weighted by Gasteiger charge is -2.13. The topological polar surface area (TPSA) is 136 Å². The molecule has 1 aromatic carbocycles. The van der Waals surface area contributed by atoms with Crippen LogP contribution in [0.15, 0.2) is 58.4 Å². The zero-order valence-corrected chi connectivity index (χ0v) is 17.8. The van der Waals surface area contributed by atoms with Gasteiger partial charge in [0.1, 0.15) is 17.4 Å². The van der Waals surface area contributed by atoms with E-state index in [1.165, 1.54) is 34.7 Å². The summed E-state index contributed by atoms with van der Waals surface area (Å²) in [7, 11) is 0. The largest absolute Gasteiger partial charge is 0.309 e. The number of nitrogens with zero attached hydrogens (tertiary/aromatic N) is 6. The van der Waals surface area contributed by atoms with Crippen LogP contribution in [0, 0.1) is 28.4 Å². The van der Waals surface area contributed by atoms with E-state index >= 15 is 0 Å². The van der Waals surface area contributed by atoms with Gasteiger partial charge in [0.15, 0.2) is 5.49 Å². The Morgan fingerprint density at radius 1 is 1.24 bits per heavy atom. The van der Waals surface area contributed by atoms with E-state index < -0.39 is 10.8 Å². The molecule has 0 aliphatic heterocycles. The number of hydrogen-bond acceptors (Lipinski definition) is 6. The maximum Gasteiger partial charge on any atom is 0.279 e. The smallest absolute Gasteiger partial charge is 0.279 e. The molecule has 164 valence electrons. The predicted molar refractivity (Wildman–Crippen MR) is 120 cm³/mol. The molecule has 0 unspecified atom stereocenters. The lowest BCUT2D eigenvalue weighted by molar-refractivity contribution is -0.384. The number of carbonyl (C=O) groups excluding carboxylic acids is 1. The quantitative estimate of drug-likeness (QED) is 0.271. The van der Waals surface area contributed by atoms with Gasteiger partial charge in [-0.1, -0.05) is 13.0 Å². The van der Waals surface area contributed by atoms with Crippen molar-refractivity contribution in [2.45, 2.75) is 26.8 Å². The summed E-state index contributed by atoms with van der Waals surface area (Å²) in [6.07, 6.45) is 2.25. The number of carbonyl (C=O) groups is 1. The van der Waals surface area contributed by atoms with Crippen LogP contribution in [0.25, 0.3) is 16.7 Å². The second-order valence-corrected chi connectivity index (χ2v) is 7.41. The fourth-order valence-electron chi connectivity index (χ4n) is 3.61. The van der Waals surface area contributed by atoms with Gasteiger partial charge in [-0.15, -0.1) is 0 Å². The van der Waals surface area contributed by atoms with Crippen molar-refractivity contribution in [3.63, 3.8) is 0 Å². The van der Waals surface area contributed by atoms with E-state index in [-0.39, 0.29) is 33.2 Å². The lowest BCUT2D eigenvalue weighted by atomic mass is 10.2. The molecule has 0 fully saturated rings. The Morgan fingerprint density at radius 3 is 2.61 bits per heavy atom. The monoisotopic (exact) mass is 442 g/mol. The van der Waals surface area contributed by atoms with E-state index in [0.717, 1.165) is 5.56 Å². The number of rotatable bonds is 4. The van der Waals surface area contributed by atoms with E-state index in [1.54, 1.807) is 16.8 Å². The fourth-order valence-corrected chi connectivity index (χ4v) is 3.61. The summed E-state index contributed by atoms with van der Waals surface area (Å²) < 4.78 is 3.03. The van der Waals surface area contributed by atoms with Gasteiger partial charge in [-0.05, 0) is 43.2 Å². The van der Waals surface area contributed by atoms with Crippen molar-refractivity contribution in [3.8, 4) is 6.07 Å². The molecule has 0 saturated carbocycles. The van der Waals surface area contributed by atoms with E-state index in [0.29, 0.717) is 24.3 Å². The van der Waals surface area contributed by atoms with Gasteiger partial charge in [0.2, 0.25) is 0 Å². The zero-order valence-electron chi connectivity index (χ0n) is 17.8. The minimum atomic E-state index is -0.667. The number of hydrogen-bond donors (Lipinski definition) is 0. The Hall–Kier alpha value is -4.65. The van der Waals surface area contributed by atoms with Crippen molar-refractivity contribution in [2.75, 3.05) is 0 Å². The molecule has 0 bridgehead atoms. The summed E-state index contributed by atoms with van der Waals surface area (Å²) in [4.78, 5) is 45.1. The van der Waals surface area contributed by atoms with Crippen LogP contribution in [0.3, 0.4) is 0 Å². The van der Waals surface area contributed by atoms with E-state index in [1.807, 2.05) is 26.0 Å². The number of fused-ring (bicyclic) bond motifs is 2. The van der Waals surface area contributed by atoms with Crippen molar-refractivity contribution in [2.24, 2.45) is 4.99 Å². The molecule has 10 nitrogen and oxygen atoms in total. The minimum absolute atomic E-state index is 0.0534. The zero-order chi connectivity index (χ0) is 23.7.